The minimum atomic E-state index is 0.588. The predicted octanol–water partition coefficient (Wildman–Crippen LogP) is 4.25. The summed E-state index contributed by atoms with van der Waals surface area (Å²) in [6.45, 7) is 2.85. The second-order valence-corrected chi connectivity index (χ2v) is 5.96. The van der Waals surface area contributed by atoms with Crippen molar-refractivity contribution in [2.45, 2.75) is 13.3 Å². The molecule has 0 saturated heterocycles. The van der Waals surface area contributed by atoms with Crippen LogP contribution in [-0.4, -0.2) is 21.7 Å². The Hall–Kier alpha value is -3.21. The number of hydrogen-bond acceptors (Lipinski definition) is 5. The highest BCUT2D eigenvalue weighted by Gasteiger charge is 2.15. The Morgan fingerprint density at radius 3 is 2.56 bits per heavy atom. The van der Waals surface area contributed by atoms with Crippen molar-refractivity contribution in [1.29, 1.82) is 0 Å². The van der Waals surface area contributed by atoms with Gasteiger partial charge in [0.2, 0.25) is 5.58 Å². The van der Waals surface area contributed by atoms with Gasteiger partial charge < -0.3 is 9.84 Å². The molecule has 0 fully saturated rings. The first kappa shape index (κ1) is 15.3. The molecule has 0 atom stereocenters. The fourth-order valence-electron chi connectivity index (χ4n) is 2.75. The van der Waals surface area contributed by atoms with Gasteiger partial charge in [0.05, 0.1) is 0 Å². The van der Waals surface area contributed by atoms with E-state index < -0.39 is 0 Å². The quantitative estimate of drug-likeness (QED) is 0.593. The van der Waals surface area contributed by atoms with Gasteiger partial charge in [-0.25, -0.2) is 9.97 Å². The smallest absolute Gasteiger partial charge is 0.228 e. The van der Waals surface area contributed by atoms with Gasteiger partial charge in [-0.05, 0) is 18.9 Å². The van der Waals surface area contributed by atoms with Crippen LogP contribution in [0.3, 0.4) is 0 Å². The fraction of sp³-hybridized carbons (Fsp3) is 0.150. The van der Waals surface area contributed by atoms with Crippen LogP contribution in [0.25, 0.3) is 22.4 Å². The Morgan fingerprint density at radius 1 is 0.960 bits per heavy atom. The van der Waals surface area contributed by atoms with Gasteiger partial charge in [-0.1, -0.05) is 65.3 Å². The highest BCUT2D eigenvalue weighted by atomic mass is 16.5. The number of aryl methyl sites for hydroxylation is 1. The molecule has 4 rings (SSSR count). The van der Waals surface area contributed by atoms with Crippen molar-refractivity contribution in [2.75, 3.05) is 11.9 Å². The molecular formula is C20H18N4O. The van der Waals surface area contributed by atoms with Gasteiger partial charge in [0.15, 0.2) is 5.82 Å². The minimum absolute atomic E-state index is 0.588. The first-order valence-electron chi connectivity index (χ1n) is 8.26. The summed E-state index contributed by atoms with van der Waals surface area (Å²) in [5.41, 5.74) is 5.57. The Bertz CT molecular complexity index is 978. The second-order valence-electron chi connectivity index (χ2n) is 5.96. The zero-order valence-corrected chi connectivity index (χ0v) is 13.9. The number of nitrogens with zero attached hydrogens (tertiary/aromatic N) is 3. The lowest BCUT2D eigenvalue weighted by atomic mass is 10.1. The molecule has 2 heterocycles. The molecule has 0 aliphatic rings. The zero-order chi connectivity index (χ0) is 17.1. The minimum Gasteiger partial charge on any atom is -0.366 e. The van der Waals surface area contributed by atoms with Crippen LogP contribution in [0.15, 0.2) is 65.4 Å². The maximum Gasteiger partial charge on any atom is 0.228 e. The van der Waals surface area contributed by atoms with Crippen molar-refractivity contribution in [3.63, 3.8) is 0 Å². The molecule has 0 aliphatic heterocycles. The fourth-order valence-corrected chi connectivity index (χ4v) is 2.75. The van der Waals surface area contributed by atoms with E-state index in [1.165, 1.54) is 11.1 Å². The maximum absolute atomic E-state index is 5.52. The monoisotopic (exact) mass is 330 g/mol. The van der Waals surface area contributed by atoms with Crippen LogP contribution >= 0.6 is 0 Å². The van der Waals surface area contributed by atoms with E-state index in [4.69, 9.17) is 4.52 Å². The second kappa shape index (κ2) is 6.73. The van der Waals surface area contributed by atoms with Crippen LogP contribution in [0.5, 0.6) is 0 Å². The van der Waals surface area contributed by atoms with E-state index >= 15 is 0 Å². The van der Waals surface area contributed by atoms with Gasteiger partial charge in [0.25, 0.3) is 0 Å². The first-order valence-corrected chi connectivity index (χ1v) is 8.26. The molecule has 25 heavy (non-hydrogen) atoms. The van der Waals surface area contributed by atoms with Crippen molar-refractivity contribution >= 4 is 16.9 Å². The molecule has 0 radical (unpaired) electrons. The molecule has 0 aliphatic carbocycles. The Labute approximate surface area is 145 Å². The van der Waals surface area contributed by atoms with E-state index in [1.807, 2.05) is 30.3 Å². The molecule has 0 bridgehead atoms. The van der Waals surface area contributed by atoms with Crippen LogP contribution in [0.4, 0.5) is 5.82 Å². The lowest BCUT2D eigenvalue weighted by Gasteiger charge is -2.05. The first-order chi connectivity index (χ1) is 12.3. The third kappa shape index (κ3) is 3.21. The topological polar surface area (TPSA) is 63.8 Å². The average Bonchev–Trinajstić information content (AvgIpc) is 3.09. The number of rotatable bonds is 5. The summed E-state index contributed by atoms with van der Waals surface area (Å²) < 4.78 is 5.52. The van der Waals surface area contributed by atoms with Gasteiger partial charge in [0, 0.05) is 12.1 Å². The summed E-state index contributed by atoms with van der Waals surface area (Å²) in [6.07, 6.45) is 2.45. The van der Waals surface area contributed by atoms with Crippen molar-refractivity contribution in [1.82, 2.24) is 15.1 Å². The number of hydrogen-bond donors (Lipinski definition) is 1. The molecule has 5 nitrogen and oxygen atoms in total. The summed E-state index contributed by atoms with van der Waals surface area (Å²) in [4.78, 5) is 8.65. The van der Waals surface area contributed by atoms with Crippen LogP contribution in [0, 0.1) is 6.92 Å². The summed E-state index contributed by atoms with van der Waals surface area (Å²) in [5, 5.41) is 7.52. The normalized spacial score (nSPS) is 10.9. The number of anilines is 1. The van der Waals surface area contributed by atoms with Gasteiger partial charge in [-0.15, -0.1) is 0 Å². The van der Waals surface area contributed by atoms with Crippen molar-refractivity contribution < 1.29 is 4.52 Å². The molecule has 4 aromatic rings. The van der Waals surface area contributed by atoms with Gasteiger partial charge in [-0.2, -0.15) is 0 Å². The summed E-state index contributed by atoms with van der Waals surface area (Å²) in [5.74, 6) is 0.673. The predicted molar refractivity (Wildman–Crippen MR) is 98.4 cm³/mol. The molecule has 0 amide bonds. The van der Waals surface area contributed by atoms with Crippen LogP contribution in [0.1, 0.15) is 11.1 Å². The average molecular weight is 330 g/mol. The van der Waals surface area contributed by atoms with E-state index in [0.29, 0.717) is 11.4 Å². The van der Waals surface area contributed by atoms with E-state index in [9.17, 15) is 0 Å². The standard InChI is InChI=1S/C20H18N4O/c1-14-7-9-15(10-8-14)11-12-21-20-19-18(22-13-23-20)17(24-25-19)16-5-3-2-4-6-16/h2-10,13H,11-12H2,1H3,(H,21,22,23). The third-order valence-corrected chi connectivity index (χ3v) is 4.13. The number of nitrogens with one attached hydrogen (secondary N) is 1. The summed E-state index contributed by atoms with van der Waals surface area (Å²) >= 11 is 0. The number of fused-ring (bicyclic) bond motifs is 1. The number of benzene rings is 2. The zero-order valence-electron chi connectivity index (χ0n) is 13.9. The van der Waals surface area contributed by atoms with E-state index in [2.05, 4.69) is 51.6 Å². The van der Waals surface area contributed by atoms with E-state index in [0.717, 1.165) is 29.7 Å². The Balaban J connectivity index is 1.54. The highest BCUT2D eigenvalue weighted by Crippen LogP contribution is 2.29. The van der Waals surface area contributed by atoms with E-state index in [1.54, 1.807) is 6.33 Å². The van der Waals surface area contributed by atoms with Crippen molar-refractivity contribution in [3.05, 3.63) is 72.1 Å². The van der Waals surface area contributed by atoms with Crippen LogP contribution in [-0.2, 0) is 6.42 Å². The lowest BCUT2D eigenvalue weighted by Crippen LogP contribution is -2.06. The van der Waals surface area contributed by atoms with Crippen molar-refractivity contribution in [3.8, 4) is 11.3 Å². The summed E-state index contributed by atoms with van der Waals surface area (Å²) in [7, 11) is 0. The molecule has 2 aromatic heterocycles. The molecule has 0 spiro atoms. The van der Waals surface area contributed by atoms with Gasteiger partial charge >= 0.3 is 0 Å². The molecule has 124 valence electrons. The third-order valence-electron chi connectivity index (χ3n) is 4.13. The molecule has 1 N–H and O–H groups in total. The molecule has 2 aromatic carbocycles. The molecule has 5 heteroatoms. The SMILES string of the molecule is Cc1ccc(CCNc2ncnc3c(-c4ccccc4)noc23)cc1. The Kier molecular flexibility index (Phi) is 4.12. The highest BCUT2D eigenvalue weighted by molar-refractivity contribution is 5.93. The molecule has 0 saturated carbocycles. The van der Waals surface area contributed by atoms with Crippen LogP contribution in [0.2, 0.25) is 0 Å². The Morgan fingerprint density at radius 2 is 1.76 bits per heavy atom. The van der Waals surface area contributed by atoms with Gasteiger partial charge in [-0.3, -0.25) is 0 Å². The summed E-state index contributed by atoms with van der Waals surface area (Å²) in [6, 6.07) is 18.4. The van der Waals surface area contributed by atoms with Crippen molar-refractivity contribution in [2.24, 2.45) is 0 Å². The largest absolute Gasteiger partial charge is 0.366 e. The molecular weight excluding hydrogens is 312 g/mol. The maximum atomic E-state index is 5.52. The number of aromatic nitrogens is 3. The van der Waals surface area contributed by atoms with E-state index in [-0.39, 0.29) is 0 Å². The molecule has 0 unspecified atom stereocenters. The van der Waals surface area contributed by atoms with Crippen LogP contribution < -0.4 is 5.32 Å². The van der Waals surface area contributed by atoms with Gasteiger partial charge in [0.1, 0.15) is 17.5 Å². The lowest BCUT2D eigenvalue weighted by molar-refractivity contribution is 0.459.